The third-order valence-electron chi connectivity index (χ3n) is 3.87. The molecule has 22 heavy (non-hydrogen) atoms. The molecule has 1 saturated heterocycles. The zero-order valence-corrected chi connectivity index (χ0v) is 13.4. The summed E-state index contributed by atoms with van der Waals surface area (Å²) in [5, 5.41) is 2.70. The van der Waals surface area contributed by atoms with Gasteiger partial charge in [0.2, 0.25) is 11.8 Å². The fourth-order valence-corrected chi connectivity index (χ4v) is 2.59. The van der Waals surface area contributed by atoms with Crippen LogP contribution in [0.25, 0.3) is 0 Å². The van der Waals surface area contributed by atoms with Crippen LogP contribution in [0.2, 0.25) is 5.02 Å². The molecule has 2 amide bonds. The Bertz CT molecular complexity index is 574. The highest BCUT2D eigenvalue weighted by atomic mass is 35.5. The van der Waals surface area contributed by atoms with Gasteiger partial charge in [-0.15, -0.1) is 0 Å². The predicted octanol–water partition coefficient (Wildman–Crippen LogP) is 1.97. The maximum Gasteiger partial charge on any atom is 0.241 e. The number of halogens is 2. The van der Waals surface area contributed by atoms with E-state index < -0.39 is 5.82 Å². The van der Waals surface area contributed by atoms with E-state index in [1.165, 1.54) is 18.2 Å². The van der Waals surface area contributed by atoms with Crippen LogP contribution in [-0.4, -0.2) is 53.8 Å². The van der Waals surface area contributed by atoms with Gasteiger partial charge in [0.05, 0.1) is 11.1 Å². The number of carbonyl (C=O) groups excluding carboxylic acids is 2. The lowest BCUT2D eigenvalue weighted by Gasteiger charge is -2.37. The molecule has 1 N–H and O–H groups in total. The molecule has 0 aromatic heterocycles. The molecule has 1 aliphatic heterocycles. The molecule has 1 aromatic rings. The van der Waals surface area contributed by atoms with Crippen molar-refractivity contribution >= 4 is 29.1 Å². The minimum atomic E-state index is -0.520. The van der Waals surface area contributed by atoms with Gasteiger partial charge in [-0.1, -0.05) is 11.6 Å². The van der Waals surface area contributed by atoms with E-state index >= 15 is 0 Å². The van der Waals surface area contributed by atoms with Crippen LogP contribution in [-0.2, 0) is 9.59 Å². The van der Waals surface area contributed by atoms with Crippen LogP contribution in [0.1, 0.15) is 13.8 Å². The normalized spacial score (nSPS) is 17.2. The fourth-order valence-electron chi connectivity index (χ4n) is 2.41. The molecule has 0 spiro atoms. The Kier molecular flexibility index (Phi) is 5.37. The predicted molar refractivity (Wildman–Crippen MR) is 83.3 cm³/mol. The smallest absolute Gasteiger partial charge is 0.241 e. The summed E-state index contributed by atoms with van der Waals surface area (Å²) in [6, 6.07) is 3.74. The van der Waals surface area contributed by atoms with E-state index in [0.29, 0.717) is 31.9 Å². The summed E-state index contributed by atoms with van der Waals surface area (Å²) in [6.45, 7) is 5.90. The van der Waals surface area contributed by atoms with Gasteiger partial charge in [-0.2, -0.15) is 0 Å². The quantitative estimate of drug-likeness (QED) is 0.923. The second-order valence-electron chi connectivity index (χ2n) is 5.34. The van der Waals surface area contributed by atoms with Gasteiger partial charge in [0.1, 0.15) is 5.82 Å². The second-order valence-corrected chi connectivity index (χ2v) is 5.74. The minimum Gasteiger partial charge on any atom is -0.340 e. The van der Waals surface area contributed by atoms with E-state index in [1.807, 2.05) is 11.8 Å². The zero-order valence-electron chi connectivity index (χ0n) is 12.6. The molecular formula is C15H19ClFN3O2. The first kappa shape index (κ1) is 16.7. The average molecular weight is 328 g/mol. The number of hydrogen-bond acceptors (Lipinski definition) is 3. The summed E-state index contributed by atoms with van der Waals surface area (Å²) in [5.74, 6) is -0.648. The first-order valence-corrected chi connectivity index (χ1v) is 7.51. The molecule has 5 nitrogen and oxygen atoms in total. The molecular weight excluding hydrogens is 309 g/mol. The van der Waals surface area contributed by atoms with Crippen LogP contribution < -0.4 is 5.32 Å². The second kappa shape index (κ2) is 7.07. The Balaban J connectivity index is 1.92. The highest BCUT2D eigenvalue weighted by Crippen LogP contribution is 2.20. The number of anilines is 1. The third kappa shape index (κ3) is 3.96. The van der Waals surface area contributed by atoms with Crippen LogP contribution >= 0.6 is 11.6 Å². The maximum absolute atomic E-state index is 13.1. The molecule has 0 radical (unpaired) electrons. The van der Waals surface area contributed by atoms with Gasteiger partial charge in [0, 0.05) is 38.8 Å². The van der Waals surface area contributed by atoms with Crippen molar-refractivity contribution in [3.8, 4) is 0 Å². The van der Waals surface area contributed by atoms with E-state index in [-0.39, 0.29) is 22.9 Å². The van der Waals surface area contributed by atoms with Gasteiger partial charge in [-0.3, -0.25) is 14.5 Å². The molecule has 0 aliphatic carbocycles. The fraction of sp³-hybridized carbons (Fsp3) is 0.467. The molecule has 1 unspecified atom stereocenters. The number of piperazine rings is 1. The number of rotatable bonds is 3. The van der Waals surface area contributed by atoms with Crippen LogP contribution in [0.5, 0.6) is 0 Å². The van der Waals surface area contributed by atoms with Gasteiger partial charge < -0.3 is 10.2 Å². The highest BCUT2D eigenvalue weighted by molar-refractivity contribution is 6.31. The lowest BCUT2D eigenvalue weighted by Crippen LogP contribution is -2.53. The van der Waals surface area contributed by atoms with E-state index in [2.05, 4.69) is 5.32 Å². The van der Waals surface area contributed by atoms with Crippen molar-refractivity contribution in [2.24, 2.45) is 0 Å². The number of amides is 2. The van der Waals surface area contributed by atoms with E-state index in [4.69, 9.17) is 11.6 Å². The number of nitrogens with zero attached hydrogens (tertiary/aromatic N) is 2. The van der Waals surface area contributed by atoms with Crippen molar-refractivity contribution in [1.82, 2.24) is 9.80 Å². The van der Waals surface area contributed by atoms with Gasteiger partial charge in [0.25, 0.3) is 0 Å². The van der Waals surface area contributed by atoms with Crippen molar-refractivity contribution in [2.75, 3.05) is 31.5 Å². The van der Waals surface area contributed by atoms with Crippen molar-refractivity contribution in [2.45, 2.75) is 19.9 Å². The van der Waals surface area contributed by atoms with Crippen molar-refractivity contribution in [1.29, 1.82) is 0 Å². The van der Waals surface area contributed by atoms with Gasteiger partial charge in [0.15, 0.2) is 0 Å². The van der Waals surface area contributed by atoms with E-state index in [1.54, 1.807) is 11.8 Å². The summed E-state index contributed by atoms with van der Waals surface area (Å²) < 4.78 is 13.1. The van der Waals surface area contributed by atoms with Crippen molar-refractivity contribution in [3.05, 3.63) is 29.0 Å². The minimum absolute atomic E-state index is 0.0273. The summed E-state index contributed by atoms with van der Waals surface area (Å²) >= 11 is 5.70. The van der Waals surface area contributed by atoms with Gasteiger partial charge >= 0.3 is 0 Å². The molecule has 1 aliphatic rings. The first-order chi connectivity index (χ1) is 10.4. The van der Waals surface area contributed by atoms with Crippen LogP contribution in [0.3, 0.4) is 0 Å². The Morgan fingerprint density at radius 1 is 1.27 bits per heavy atom. The third-order valence-corrected chi connectivity index (χ3v) is 4.16. The highest BCUT2D eigenvalue weighted by Gasteiger charge is 2.26. The lowest BCUT2D eigenvalue weighted by atomic mass is 10.2. The summed E-state index contributed by atoms with van der Waals surface area (Å²) in [5.41, 5.74) is 0.464. The van der Waals surface area contributed by atoms with E-state index in [9.17, 15) is 14.0 Å². The molecule has 0 bridgehead atoms. The summed E-state index contributed by atoms with van der Waals surface area (Å²) in [4.78, 5) is 27.3. The number of benzene rings is 1. The summed E-state index contributed by atoms with van der Waals surface area (Å²) in [7, 11) is 0. The molecule has 2 rings (SSSR count). The van der Waals surface area contributed by atoms with Crippen molar-refractivity contribution in [3.63, 3.8) is 0 Å². The molecule has 1 fully saturated rings. The molecule has 1 heterocycles. The monoisotopic (exact) mass is 327 g/mol. The maximum atomic E-state index is 13.1. The average Bonchev–Trinajstić information content (AvgIpc) is 2.50. The Morgan fingerprint density at radius 3 is 2.45 bits per heavy atom. The zero-order chi connectivity index (χ0) is 16.3. The molecule has 7 heteroatoms. The number of carbonyl (C=O) groups is 2. The standard InChI is InChI=1S/C15H19ClFN3O2/c1-10(19-5-7-20(8-6-19)11(2)21)15(22)18-12-3-4-14(17)13(16)9-12/h3-4,9-10H,5-8H2,1-2H3,(H,18,22). The molecule has 120 valence electrons. The van der Waals surface area contributed by atoms with Gasteiger partial charge in [-0.05, 0) is 25.1 Å². The van der Waals surface area contributed by atoms with Crippen LogP contribution in [0.4, 0.5) is 10.1 Å². The number of hydrogen-bond donors (Lipinski definition) is 1. The first-order valence-electron chi connectivity index (χ1n) is 7.14. The van der Waals surface area contributed by atoms with E-state index in [0.717, 1.165) is 0 Å². The van der Waals surface area contributed by atoms with Gasteiger partial charge in [-0.25, -0.2) is 4.39 Å². The molecule has 1 aromatic carbocycles. The molecule has 0 saturated carbocycles. The largest absolute Gasteiger partial charge is 0.340 e. The lowest BCUT2D eigenvalue weighted by molar-refractivity contribution is -0.131. The van der Waals surface area contributed by atoms with Crippen molar-refractivity contribution < 1.29 is 14.0 Å². The topological polar surface area (TPSA) is 52.7 Å². The molecule has 1 atom stereocenters. The van der Waals surface area contributed by atoms with Crippen LogP contribution in [0, 0.1) is 5.82 Å². The van der Waals surface area contributed by atoms with Crippen LogP contribution in [0.15, 0.2) is 18.2 Å². The Labute approximate surface area is 134 Å². The Morgan fingerprint density at radius 2 is 1.91 bits per heavy atom. The number of nitrogens with one attached hydrogen (secondary N) is 1. The SMILES string of the molecule is CC(=O)N1CCN(C(C)C(=O)Nc2ccc(F)c(Cl)c2)CC1. The Hall–Kier alpha value is -1.66. The summed E-state index contributed by atoms with van der Waals surface area (Å²) in [6.07, 6.45) is 0.